The Morgan fingerprint density at radius 1 is 1.07 bits per heavy atom. The Morgan fingerprint density at radius 3 is 2.41 bits per heavy atom. The Kier molecular flexibility index (Phi) is 8.23. The van der Waals surface area contributed by atoms with Crippen LogP contribution in [0.4, 0.5) is 0 Å². The van der Waals surface area contributed by atoms with Crippen molar-refractivity contribution in [3.63, 3.8) is 0 Å². The second-order valence-electron chi connectivity index (χ2n) is 7.70. The summed E-state index contributed by atoms with van der Waals surface area (Å²) in [5.41, 5.74) is 3.69. The van der Waals surface area contributed by atoms with E-state index in [1.807, 2.05) is 31.3 Å². The van der Waals surface area contributed by atoms with Gasteiger partial charge in [-0.05, 0) is 30.2 Å². The third-order valence-corrected chi connectivity index (χ3v) is 5.57. The van der Waals surface area contributed by atoms with Gasteiger partial charge >= 0.3 is 0 Å². The lowest BCUT2D eigenvalue weighted by Crippen LogP contribution is -2.44. The number of amides is 1. The van der Waals surface area contributed by atoms with Crippen molar-refractivity contribution in [1.82, 2.24) is 15.1 Å². The first-order valence-corrected chi connectivity index (χ1v) is 10.6. The normalized spacial score (nSPS) is 16.0. The van der Waals surface area contributed by atoms with E-state index in [2.05, 4.69) is 52.4 Å². The number of likely N-dealkylation sites (N-methyl/N-ethyl adjacent to an activating group) is 1. The number of rotatable bonds is 9. The predicted octanol–water partition coefficient (Wildman–Crippen LogP) is 3.05. The SMILES string of the molecule is CC[C@H](C(=O)NCc1ccccc1CN1CCOCC1)N(C)Cc1ccccc1. The summed E-state index contributed by atoms with van der Waals surface area (Å²) in [6, 6.07) is 18.5. The Morgan fingerprint density at radius 2 is 1.72 bits per heavy atom. The van der Waals surface area contributed by atoms with Gasteiger partial charge in [-0.2, -0.15) is 0 Å². The number of nitrogens with one attached hydrogen (secondary N) is 1. The van der Waals surface area contributed by atoms with Gasteiger partial charge in [0.2, 0.25) is 5.91 Å². The van der Waals surface area contributed by atoms with Crippen molar-refractivity contribution < 1.29 is 9.53 Å². The zero-order valence-corrected chi connectivity index (χ0v) is 17.6. The van der Waals surface area contributed by atoms with Gasteiger partial charge in [-0.25, -0.2) is 0 Å². The molecule has 3 rings (SSSR count). The molecule has 29 heavy (non-hydrogen) atoms. The molecule has 0 radical (unpaired) electrons. The van der Waals surface area contributed by atoms with Crippen molar-refractivity contribution in [1.29, 1.82) is 0 Å². The molecule has 2 aromatic carbocycles. The lowest BCUT2D eigenvalue weighted by atomic mass is 10.1. The van der Waals surface area contributed by atoms with Crippen LogP contribution >= 0.6 is 0 Å². The van der Waals surface area contributed by atoms with Crippen molar-refractivity contribution in [2.45, 2.75) is 39.0 Å². The van der Waals surface area contributed by atoms with E-state index < -0.39 is 0 Å². The summed E-state index contributed by atoms with van der Waals surface area (Å²) >= 11 is 0. The number of morpholine rings is 1. The number of hydrogen-bond acceptors (Lipinski definition) is 4. The summed E-state index contributed by atoms with van der Waals surface area (Å²) in [5, 5.41) is 3.17. The molecule has 2 aromatic rings. The fourth-order valence-electron chi connectivity index (χ4n) is 3.86. The summed E-state index contributed by atoms with van der Waals surface area (Å²) in [7, 11) is 2.02. The molecule has 0 bridgehead atoms. The van der Waals surface area contributed by atoms with Crippen LogP contribution in [0.25, 0.3) is 0 Å². The minimum atomic E-state index is -0.137. The largest absolute Gasteiger partial charge is 0.379 e. The van der Waals surface area contributed by atoms with Crippen molar-refractivity contribution in [3.05, 3.63) is 71.3 Å². The molecule has 1 atom stereocenters. The van der Waals surface area contributed by atoms with Gasteiger partial charge in [-0.15, -0.1) is 0 Å². The van der Waals surface area contributed by atoms with E-state index in [1.54, 1.807) is 0 Å². The van der Waals surface area contributed by atoms with E-state index in [-0.39, 0.29) is 11.9 Å². The average Bonchev–Trinajstić information content (AvgIpc) is 2.75. The zero-order chi connectivity index (χ0) is 20.5. The maximum atomic E-state index is 12.9. The maximum Gasteiger partial charge on any atom is 0.237 e. The summed E-state index contributed by atoms with van der Waals surface area (Å²) < 4.78 is 5.45. The van der Waals surface area contributed by atoms with Gasteiger partial charge in [0.15, 0.2) is 0 Å². The molecule has 1 heterocycles. The zero-order valence-electron chi connectivity index (χ0n) is 17.6. The Labute approximate surface area is 174 Å². The third kappa shape index (κ3) is 6.39. The van der Waals surface area contributed by atoms with Crippen LogP contribution in [0, 0.1) is 0 Å². The Hall–Kier alpha value is -2.21. The molecule has 156 valence electrons. The van der Waals surface area contributed by atoms with Crippen LogP contribution in [-0.4, -0.2) is 55.1 Å². The predicted molar refractivity (Wildman–Crippen MR) is 116 cm³/mol. The molecule has 0 aromatic heterocycles. The van der Waals surface area contributed by atoms with Crippen LogP contribution in [-0.2, 0) is 29.2 Å². The first-order chi connectivity index (χ1) is 14.2. The van der Waals surface area contributed by atoms with Gasteiger partial charge in [0.1, 0.15) is 0 Å². The van der Waals surface area contributed by atoms with Crippen molar-refractivity contribution >= 4 is 5.91 Å². The van der Waals surface area contributed by atoms with Gasteiger partial charge in [-0.3, -0.25) is 14.6 Å². The van der Waals surface area contributed by atoms with Crippen LogP contribution in [0.15, 0.2) is 54.6 Å². The highest BCUT2D eigenvalue weighted by Crippen LogP contribution is 2.14. The number of carbonyl (C=O) groups is 1. The summed E-state index contributed by atoms with van der Waals surface area (Å²) in [4.78, 5) is 17.4. The van der Waals surface area contributed by atoms with Crippen LogP contribution in [0.3, 0.4) is 0 Å². The number of ether oxygens (including phenoxy) is 1. The molecule has 5 nitrogen and oxygen atoms in total. The lowest BCUT2D eigenvalue weighted by molar-refractivity contribution is -0.126. The van der Waals surface area contributed by atoms with Gasteiger partial charge in [0, 0.05) is 32.7 Å². The van der Waals surface area contributed by atoms with E-state index >= 15 is 0 Å². The molecule has 0 spiro atoms. The molecular formula is C24H33N3O2. The van der Waals surface area contributed by atoms with E-state index in [0.29, 0.717) is 6.54 Å². The molecule has 1 amide bonds. The summed E-state index contributed by atoms with van der Waals surface area (Å²) in [6.07, 6.45) is 0.782. The van der Waals surface area contributed by atoms with Gasteiger partial charge < -0.3 is 10.1 Å². The smallest absolute Gasteiger partial charge is 0.237 e. The third-order valence-electron chi connectivity index (χ3n) is 5.57. The maximum absolute atomic E-state index is 12.9. The van der Waals surface area contributed by atoms with E-state index in [0.717, 1.165) is 45.8 Å². The van der Waals surface area contributed by atoms with Gasteiger partial charge in [0.25, 0.3) is 0 Å². The highest BCUT2D eigenvalue weighted by atomic mass is 16.5. The number of benzene rings is 2. The molecule has 0 aliphatic carbocycles. The van der Waals surface area contributed by atoms with Crippen molar-refractivity contribution in [2.75, 3.05) is 33.4 Å². The quantitative estimate of drug-likeness (QED) is 0.709. The van der Waals surface area contributed by atoms with Crippen LogP contribution in [0.5, 0.6) is 0 Å². The highest BCUT2D eigenvalue weighted by molar-refractivity contribution is 5.81. The number of carbonyl (C=O) groups excluding carboxylic acids is 1. The van der Waals surface area contributed by atoms with Crippen LogP contribution in [0.1, 0.15) is 30.0 Å². The lowest BCUT2D eigenvalue weighted by Gasteiger charge is -2.28. The minimum Gasteiger partial charge on any atom is -0.379 e. The summed E-state index contributed by atoms with van der Waals surface area (Å²) in [6.45, 7) is 7.81. The first kappa shape index (κ1) is 21.5. The monoisotopic (exact) mass is 395 g/mol. The number of hydrogen-bond donors (Lipinski definition) is 1. The second kappa shape index (κ2) is 11.1. The fourth-order valence-corrected chi connectivity index (χ4v) is 3.86. The second-order valence-corrected chi connectivity index (χ2v) is 7.70. The van der Waals surface area contributed by atoms with Gasteiger partial charge in [-0.1, -0.05) is 61.5 Å². The number of nitrogens with zero attached hydrogens (tertiary/aromatic N) is 2. The molecule has 0 unspecified atom stereocenters. The molecule has 5 heteroatoms. The molecular weight excluding hydrogens is 362 g/mol. The van der Waals surface area contributed by atoms with E-state index in [4.69, 9.17) is 4.74 Å². The minimum absolute atomic E-state index is 0.0899. The topological polar surface area (TPSA) is 44.8 Å². The molecule has 1 aliphatic heterocycles. The Balaban J connectivity index is 1.57. The molecule has 1 aliphatic rings. The van der Waals surface area contributed by atoms with Crippen molar-refractivity contribution in [3.8, 4) is 0 Å². The van der Waals surface area contributed by atoms with E-state index in [1.165, 1.54) is 16.7 Å². The average molecular weight is 396 g/mol. The summed E-state index contributed by atoms with van der Waals surface area (Å²) in [5.74, 6) is 0.0899. The first-order valence-electron chi connectivity index (χ1n) is 10.6. The Bertz CT molecular complexity index is 760. The molecule has 0 saturated carbocycles. The van der Waals surface area contributed by atoms with Crippen LogP contribution < -0.4 is 5.32 Å². The van der Waals surface area contributed by atoms with Gasteiger partial charge in [0.05, 0.1) is 19.3 Å². The van der Waals surface area contributed by atoms with Crippen molar-refractivity contribution in [2.24, 2.45) is 0 Å². The molecule has 1 saturated heterocycles. The van der Waals surface area contributed by atoms with E-state index in [9.17, 15) is 4.79 Å². The standard InChI is InChI=1S/C24H33N3O2/c1-3-23(26(2)18-20-9-5-4-6-10-20)24(28)25-17-21-11-7-8-12-22(21)19-27-13-15-29-16-14-27/h4-12,23H,3,13-19H2,1-2H3,(H,25,28)/t23-/m1/s1. The fraction of sp³-hybridized carbons (Fsp3) is 0.458. The molecule has 1 fully saturated rings. The highest BCUT2D eigenvalue weighted by Gasteiger charge is 2.21. The van der Waals surface area contributed by atoms with Crippen LogP contribution in [0.2, 0.25) is 0 Å². The molecule has 1 N–H and O–H groups in total.